The van der Waals surface area contributed by atoms with E-state index in [1.807, 2.05) is 6.92 Å². The number of rotatable bonds is 2. The number of hydrogen-bond acceptors (Lipinski definition) is 3. The van der Waals surface area contributed by atoms with Crippen molar-refractivity contribution in [3.8, 4) is 17.2 Å². The van der Waals surface area contributed by atoms with Crippen molar-refractivity contribution in [1.29, 1.82) is 5.26 Å². The number of aliphatic hydroxyl groups is 1. The number of halogens is 1. The molecule has 0 fully saturated rings. The quantitative estimate of drug-likeness (QED) is 0.911. The van der Waals surface area contributed by atoms with Crippen LogP contribution < -0.4 is 0 Å². The van der Waals surface area contributed by atoms with E-state index in [1.54, 1.807) is 18.2 Å². The third-order valence-corrected chi connectivity index (χ3v) is 3.17. The normalized spacial score (nSPS) is 11.2. The third-order valence-electron chi connectivity index (χ3n) is 3.17. The highest BCUT2D eigenvalue weighted by Gasteiger charge is 2.25. The van der Waals surface area contributed by atoms with E-state index in [4.69, 9.17) is 5.26 Å². The second-order valence-corrected chi connectivity index (χ2v) is 5.24. The third kappa shape index (κ3) is 2.54. The largest absolute Gasteiger partial charge is 0.386 e. The Morgan fingerprint density at radius 2 is 2.00 bits per heavy atom. The highest BCUT2D eigenvalue weighted by atomic mass is 19.1. The van der Waals surface area contributed by atoms with Gasteiger partial charge >= 0.3 is 0 Å². The topological polar surface area (TPSA) is 56.9 Å². The minimum atomic E-state index is -1.32. The van der Waals surface area contributed by atoms with Crippen molar-refractivity contribution in [2.75, 3.05) is 0 Å². The van der Waals surface area contributed by atoms with Gasteiger partial charge in [-0.25, -0.2) is 4.39 Å². The first-order chi connectivity index (χ1) is 9.34. The lowest BCUT2D eigenvalue weighted by atomic mass is 9.89. The maximum atomic E-state index is 14.0. The van der Waals surface area contributed by atoms with Crippen LogP contribution in [0.15, 0.2) is 30.6 Å². The van der Waals surface area contributed by atoms with E-state index in [0.29, 0.717) is 11.1 Å². The summed E-state index contributed by atoms with van der Waals surface area (Å²) in [4.78, 5) is 3.86. The minimum Gasteiger partial charge on any atom is -0.386 e. The van der Waals surface area contributed by atoms with Gasteiger partial charge in [0.25, 0.3) is 0 Å². The van der Waals surface area contributed by atoms with Crippen molar-refractivity contribution >= 4 is 0 Å². The van der Waals surface area contributed by atoms with E-state index in [2.05, 4.69) is 11.1 Å². The number of aromatic nitrogens is 1. The van der Waals surface area contributed by atoms with E-state index in [-0.39, 0.29) is 5.56 Å². The van der Waals surface area contributed by atoms with E-state index in [1.165, 1.54) is 20.0 Å². The molecule has 0 saturated heterocycles. The molecule has 2 aromatic rings. The van der Waals surface area contributed by atoms with Gasteiger partial charge in [0.15, 0.2) is 0 Å². The molecule has 0 radical (unpaired) electrons. The molecule has 1 aromatic heterocycles. The molecular formula is C16H15FN2O. The van der Waals surface area contributed by atoms with Gasteiger partial charge < -0.3 is 5.11 Å². The highest BCUT2D eigenvalue weighted by Crippen LogP contribution is 2.33. The molecule has 102 valence electrons. The highest BCUT2D eigenvalue weighted by molar-refractivity contribution is 5.69. The summed E-state index contributed by atoms with van der Waals surface area (Å²) in [5.74, 6) is -0.544. The van der Waals surface area contributed by atoms with E-state index in [9.17, 15) is 9.50 Å². The summed E-state index contributed by atoms with van der Waals surface area (Å²) in [6.45, 7) is 4.88. The molecule has 4 heteroatoms. The van der Waals surface area contributed by atoms with Gasteiger partial charge in [-0.1, -0.05) is 12.1 Å². The molecule has 0 amide bonds. The number of aryl methyl sites for hydroxylation is 1. The molecule has 0 aliphatic heterocycles. The Hall–Kier alpha value is -2.25. The zero-order chi connectivity index (χ0) is 14.9. The van der Waals surface area contributed by atoms with Crippen molar-refractivity contribution in [1.82, 2.24) is 4.98 Å². The Morgan fingerprint density at radius 1 is 1.30 bits per heavy atom. The maximum absolute atomic E-state index is 14.0. The molecule has 0 aliphatic carbocycles. The molecular weight excluding hydrogens is 255 g/mol. The molecule has 1 aromatic carbocycles. The van der Waals surface area contributed by atoms with E-state index in [0.717, 1.165) is 17.3 Å². The van der Waals surface area contributed by atoms with Gasteiger partial charge in [-0.3, -0.25) is 4.98 Å². The average molecular weight is 270 g/mol. The summed E-state index contributed by atoms with van der Waals surface area (Å²) in [6.07, 6.45) is 2.62. The van der Waals surface area contributed by atoms with Gasteiger partial charge in [0, 0.05) is 17.3 Å². The smallest absolute Gasteiger partial charge is 0.148 e. The van der Waals surface area contributed by atoms with Crippen molar-refractivity contribution in [2.24, 2.45) is 0 Å². The standard InChI is InChI=1S/C16H15FN2O/c1-10-6-11(4-5-12(10)7-18)13-8-19-9-14(17)15(13)16(2,3)20/h4-6,8-9,20H,1-3H3. The molecule has 2 rings (SSSR count). The van der Waals surface area contributed by atoms with E-state index >= 15 is 0 Å². The Kier molecular flexibility index (Phi) is 3.56. The van der Waals surface area contributed by atoms with Crippen LogP contribution in [0.25, 0.3) is 11.1 Å². The second kappa shape index (κ2) is 5.03. The fourth-order valence-corrected chi connectivity index (χ4v) is 2.23. The number of nitriles is 1. The van der Waals surface area contributed by atoms with Crippen molar-refractivity contribution in [2.45, 2.75) is 26.4 Å². The summed E-state index contributed by atoms with van der Waals surface area (Å²) in [7, 11) is 0. The monoisotopic (exact) mass is 270 g/mol. The fourth-order valence-electron chi connectivity index (χ4n) is 2.23. The van der Waals surface area contributed by atoms with Gasteiger partial charge in [-0.2, -0.15) is 5.26 Å². The Labute approximate surface area is 117 Å². The lowest BCUT2D eigenvalue weighted by Crippen LogP contribution is -2.19. The number of hydrogen-bond donors (Lipinski definition) is 1. The summed E-state index contributed by atoms with van der Waals surface area (Å²) in [6, 6.07) is 7.30. The Morgan fingerprint density at radius 3 is 2.55 bits per heavy atom. The van der Waals surface area contributed by atoms with Crippen LogP contribution in [0, 0.1) is 24.1 Å². The van der Waals surface area contributed by atoms with Crippen LogP contribution in [0.3, 0.4) is 0 Å². The second-order valence-electron chi connectivity index (χ2n) is 5.24. The summed E-state index contributed by atoms with van der Waals surface area (Å²) < 4.78 is 14.0. The predicted octanol–water partition coefficient (Wildman–Crippen LogP) is 3.30. The van der Waals surface area contributed by atoms with Crippen LogP contribution in [-0.4, -0.2) is 10.1 Å². The SMILES string of the molecule is Cc1cc(-c2cncc(F)c2C(C)(C)O)ccc1C#N. The lowest BCUT2D eigenvalue weighted by molar-refractivity contribution is 0.0750. The zero-order valence-electron chi connectivity index (χ0n) is 11.6. The number of nitrogens with zero attached hydrogens (tertiary/aromatic N) is 2. The zero-order valence-corrected chi connectivity index (χ0v) is 11.6. The Balaban J connectivity index is 2.68. The summed E-state index contributed by atoms with van der Waals surface area (Å²) in [5, 5.41) is 19.1. The molecule has 0 spiro atoms. The van der Waals surface area contributed by atoms with Crippen LogP contribution in [0.1, 0.15) is 30.5 Å². The van der Waals surface area contributed by atoms with Crippen LogP contribution in [0.5, 0.6) is 0 Å². The van der Waals surface area contributed by atoms with Crippen LogP contribution in [-0.2, 0) is 5.60 Å². The molecule has 0 bridgehead atoms. The predicted molar refractivity (Wildman–Crippen MR) is 74.3 cm³/mol. The molecule has 1 N–H and O–H groups in total. The number of pyridine rings is 1. The van der Waals surface area contributed by atoms with Crippen LogP contribution in [0.2, 0.25) is 0 Å². The first-order valence-corrected chi connectivity index (χ1v) is 6.22. The van der Waals surface area contributed by atoms with Gasteiger partial charge in [-0.15, -0.1) is 0 Å². The molecule has 3 nitrogen and oxygen atoms in total. The van der Waals surface area contributed by atoms with Crippen LogP contribution >= 0.6 is 0 Å². The first-order valence-electron chi connectivity index (χ1n) is 6.22. The molecule has 0 atom stereocenters. The van der Waals surface area contributed by atoms with E-state index < -0.39 is 11.4 Å². The van der Waals surface area contributed by atoms with Crippen molar-refractivity contribution in [3.63, 3.8) is 0 Å². The van der Waals surface area contributed by atoms with Gasteiger partial charge in [0.05, 0.1) is 23.4 Å². The van der Waals surface area contributed by atoms with Crippen molar-refractivity contribution < 1.29 is 9.50 Å². The minimum absolute atomic E-state index is 0.205. The first kappa shape index (κ1) is 14.2. The van der Waals surface area contributed by atoms with Gasteiger partial charge in [0.2, 0.25) is 0 Å². The number of benzene rings is 1. The molecule has 0 unspecified atom stereocenters. The molecule has 0 aliphatic rings. The Bertz CT molecular complexity index is 697. The molecule has 20 heavy (non-hydrogen) atoms. The fraction of sp³-hybridized carbons (Fsp3) is 0.250. The average Bonchev–Trinajstić information content (AvgIpc) is 2.36. The molecule has 1 heterocycles. The summed E-state index contributed by atoms with van der Waals surface area (Å²) >= 11 is 0. The summed E-state index contributed by atoms with van der Waals surface area (Å²) in [5.41, 5.74) is 1.52. The van der Waals surface area contributed by atoms with Crippen molar-refractivity contribution in [3.05, 3.63) is 53.1 Å². The van der Waals surface area contributed by atoms with Gasteiger partial charge in [-0.05, 0) is 38.0 Å². The maximum Gasteiger partial charge on any atom is 0.148 e. The van der Waals surface area contributed by atoms with Gasteiger partial charge in [0.1, 0.15) is 5.82 Å². The van der Waals surface area contributed by atoms with Crippen LogP contribution in [0.4, 0.5) is 4.39 Å². The lowest BCUT2D eigenvalue weighted by Gasteiger charge is -2.22. The molecule has 0 saturated carbocycles.